The van der Waals surface area contributed by atoms with Crippen LogP contribution in [0.4, 0.5) is 0 Å². The Bertz CT molecular complexity index is 2050. The minimum atomic E-state index is -0.501. The van der Waals surface area contributed by atoms with Crippen molar-refractivity contribution in [3.05, 3.63) is 92.0 Å². The summed E-state index contributed by atoms with van der Waals surface area (Å²) in [5.74, 6) is -0.712. The van der Waals surface area contributed by atoms with Crippen molar-refractivity contribution in [3.63, 3.8) is 0 Å². The molecule has 4 aromatic rings. The quantitative estimate of drug-likeness (QED) is 0.223. The van der Waals surface area contributed by atoms with E-state index in [9.17, 15) is 19.2 Å². The number of hydrogen-bond donors (Lipinski definition) is 0. The molecule has 0 fully saturated rings. The third kappa shape index (κ3) is 4.09. The molecule has 0 radical (unpaired) electrons. The van der Waals surface area contributed by atoms with Crippen molar-refractivity contribution < 1.29 is 47.6 Å². The van der Waals surface area contributed by atoms with E-state index in [1.54, 1.807) is 25.1 Å². The Morgan fingerprint density at radius 2 is 0.848 bits per heavy atom. The summed E-state index contributed by atoms with van der Waals surface area (Å²) in [5, 5.41) is 0. The van der Waals surface area contributed by atoms with Crippen molar-refractivity contribution in [2.45, 2.75) is 13.8 Å². The number of carbonyl (C=O) groups is 4. The maximum absolute atomic E-state index is 14.3. The Hall–Kier alpha value is -5.64. The van der Waals surface area contributed by atoms with Crippen LogP contribution in [-0.4, -0.2) is 65.8 Å². The van der Waals surface area contributed by atoms with Gasteiger partial charge < -0.3 is 28.4 Å². The molecule has 0 saturated carbocycles. The summed E-state index contributed by atoms with van der Waals surface area (Å²) in [6.45, 7) is 3.55. The Kier molecular flexibility index (Phi) is 7.31. The van der Waals surface area contributed by atoms with Gasteiger partial charge in [-0.25, -0.2) is 0 Å². The summed E-state index contributed by atoms with van der Waals surface area (Å²) in [7, 11) is 8.47. The normalized spacial score (nSPS) is 13.0. The molecule has 6 rings (SSSR count). The van der Waals surface area contributed by atoms with Crippen molar-refractivity contribution in [2.24, 2.45) is 0 Å². The van der Waals surface area contributed by atoms with Gasteiger partial charge >= 0.3 is 0 Å². The van der Waals surface area contributed by atoms with E-state index in [0.29, 0.717) is 16.9 Å². The smallest absolute Gasteiger partial charge is 0.202 e. The zero-order chi connectivity index (χ0) is 33.2. The summed E-state index contributed by atoms with van der Waals surface area (Å²) in [4.78, 5) is 56.3. The van der Waals surface area contributed by atoms with Crippen LogP contribution in [0.1, 0.15) is 74.8 Å². The van der Waals surface area contributed by atoms with Gasteiger partial charge in [0.05, 0.1) is 70.5 Å². The highest BCUT2D eigenvalue weighted by Crippen LogP contribution is 2.53. The van der Waals surface area contributed by atoms with Crippen LogP contribution in [0.15, 0.2) is 36.4 Å². The molecule has 46 heavy (non-hydrogen) atoms. The minimum absolute atomic E-state index is 0.00999. The highest BCUT2D eigenvalue weighted by atomic mass is 16.5. The average molecular weight is 623 g/mol. The highest BCUT2D eigenvalue weighted by molar-refractivity contribution is 6.33. The number of ether oxygens (including phenoxy) is 6. The second-order valence-corrected chi connectivity index (χ2v) is 10.9. The number of carbonyl (C=O) groups excluding carboxylic acids is 4. The van der Waals surface area contributed by atoms with E-state index in [4.69, 9.17) is 28.4 Å². The molecule has 10 heteroatoms. The van der Waals surface area contributed by atoms with Crippen LogP contribution in [0.3, 0.4) is 0 Å². The molecule has 0 aromatic heterocycles. The lowest BCUT2D eigenvalue weighted by atomic mass is 9.77. The van der Waals surface area contributed by atoms with Crippen molar-refractivity contribution in [2.75, 3.05) is 42.7 Å². The van der Waals surface area contributed by atoms with Gasteiger partial charge in [-0.3, -0.25) is 19.2 Å². The number of ketones is 4. The van der Waals surface area contributed by atoms with E-state index in [2.05, 4.69) is 0 Å². The minimum Gasteiger partial charge on any atom is -0.497 e. The van der Waals surface area contributed by atoms with Gasteiger partial charge in [-0.1, -0.05) is 0 Å². The van der Waals surface area contributed by atoms with E-state index in [1.807, 2.05) is 6.92 Å². The fourth-order valence-corrected chi connectivity index (χ4v) is 6.50. The molecule has 234 valence electrons. The summed E-state index contributed by atoms with van der Waals surface area (Å²) in [5.41, 5.74) is 2.66. The first-order valence-corrected chi connectivity index (χ1v) is 14.2. The van der Waals surface area contributed by atoms with Gasteiger partial charge in [-0.05, 0) is 55.3 Å². The summed E-state index contributed by atoms with van der Waals surface area (Å²) >= 11 is 0. The lowest BCUT2D eigenvalue weighted by Crippen LogP contribution is -2.24. The SMILES string of the molecule is COc1cc(OC)c2c(c1)C(=O)c1cc(C)c(-c3c(OC)cc4c(c3OC)C(=O)c3c(OC)cc(C)cc3C4=O)c(OC)c1C2=O. The molecule has 0 saturated heterocycles. The van der Waals surface area contributed by atoms with Gasteiger partial charge in [-0.15, -0.1) is 0 Å². The molecule has 0 unspecified atom stereocenters. The van der Waals surface area contributed by atoms with E-state index in [-0.39, 0.29) is 78.8 Å². The number of benzene rings is 4. The maximum Gasteiger partial charge on any atom is 0.202 e. The zero-order valence-corrected chi connectivity index (χ0v) is 26.5. The van der Waals surface area contributed by atoms with Gasteiger partial charge in [0.2, 0.25) is 11.6 Å². The molecule has 0 atom stereocenters. The van der Waals surface area contributed by atoms with Crippen molar-refractivity contribution in [3.8, 4) is 45.6 Å². The highest BCUT2D eigenvalue weighted by Gasteiger charge is 2.41. The molecule has 0 aliphatic heterocycles. The monoisotopic (exact) mass is 622 g/mol. The fourth-order valence-electron chi connectivity index (χ4n) is 6.50. The van der Waals surface area contributed by atoms with Crippen LogP contribution < -0.4 is 28.4 Å². The molecule has 0 amide bonds. The molecule has 4 aromatic carbocycles. The number of methoxy groups -OCH3 is 6. The molecule has 2 aliphatic rings. The molecule has 0 bridgehead atoms. The van der Waals surface area contributed by atoms with Gasteiger partial charge in [0.1, 0.15) is 34.5 Å². The molecule has 0 spiro atoms. The van der Waals surface area contributed by atoms with Gasteiger partial charge in [0, 0.05) is 33.9 Å². The predicted molar refractivity (Wildman–Crippen MR) is 167 cm³/mol. The Balaban J connectivity index is 1.68. The Labute approximate surface area is 264 Å². The maximum atomic E-state index is 14.3. The number of fused-ring (bicyclic) bond motifs is 4. The predicted octanol–water partition coefficient (Wildman–Crippen LogP) is 5.57. The van der Waals surface area contributed by atoms with Crippen LogP contribution in [-0.2, 0) is 0 Å². The van der Waals surface area contributed by atoms with Gasteiger partial charge in [0.25, 0.3) is 0 Å². The largest absolute Gasteiger partial charge is 0.497 e. The van der Waals surface area contributed by atoms with Crippen molar-refractivity contribution in [1.29, 1.82) is 0 Å². The van der Waals surface area contributed by atoms with Crippen molar-refractivity contribution >= 4 is 23.1 Å². The second kappa shape index (κ2) is 11.1. The second-order valence-electron chi connectivity index (χ2n) is 10.9. The standard InChI is InChI=1S/C36H30O10/c1-15-9-18-26(22(10-15)42-4)33(39)29-21(31(18)37)14-24(44-6)30(36(29)46-8)25-16(2)11-19-28(35(25)45-7)34(40)27-20(32(19)38)12-17(41-3)13-23(27)43-5/h9-14H,1-8H3. The summed E-state index contributed by atoms with van der Waals surface area (Å²) in [6, 6.07) is 9.45. The number of rotatable bonds is 7. The summed E-state index contributed by atoms with van der Waals surface area (Å²) in [6.07, 6.45) is 0. The third-order valence-electron chi connectivity index (χ3n) is 8.49. The van der Waals surface area contributed by atoms with Gasteiger partial charge in [0.15, 0.2) is 11.6 Å². The average Bonchev–Trinajstić information content (AvgIpc) is 3.06. The number of aryl methyl sites for hydroxylation is 2. The van der Waals surface area contributed by atoms with E-state index in [1.165, 1.54) is 60.9 Å². The van der Waals surface area contributed by atoms with Gasteiger partial charge in [-0.2, -0.15) is 0 Å². The van der Waals surface area contributed by atoms with Crippen LogP contribution in [0.25, 0.3) is 11.1 Å². The van der Waals surface area contributed by atoms with E-state index >= 15 is 0 Å². The number of hydrogen-bond acceptors (Lipinski definition) is 10. The summed E-state index contributed by atoms with van der Waals surface area (Å²) < 4.78 is 34.0. The Morgan fingerprint density at radius 3 is 1.37 bits per heavy atom. The topological polar surface area (TPSA) is 124 Å². The van der Waals surface area contributed by atoms with Crippen LogP contribution in [0.5, 0.6) is 34.5 Å². The lowest BCUT2D eigenvalue weighted by Gasteiger charge is -2.28. The molecule has 0 N–H and O–H groups in total. The molecular formula is C36H30O10. The first-order valence-electron chi connectivity index (χ1n) is 14.2. The molecular weight excluding hydrogens is 592 g/mol. The first kappa shape index (κ1) is 30.4. The van der Waals surface area contributed by atoms with Crippen LogP contribution in [0.2, 0.25) is 0 Å². The van der Waals surface area contributed by atoms with Crippen molar-refractivity contribution in [1.82, 2.24) is 0 Å². The molecule has 0 heterocycles. The van der Waals surface area contributed by atoms with E-state index < -0.39 is 23.1 Å². The molecule has 10 nitrogen and oxygen atoms in total. The lowest BCUT2D eigenvalue weighted by molar-refractivity contribution is 0.0973. The van der Waals surface area contributed by atoms with E-state index in [0.717, 1.165) is 5.56 Å². The zero-order valence-electron chi connectivity index (χ0n) is 26.5. The first-order chi connectivity index (χ1) is 22.1. The third-order valence-corrected chi connectivity index (χ3v) is 8.49. The molecule has 2 aliphatic carbocycles. The van der Waals surface area contributed by atoms with Crippen LogP contribution >= 0.6 is 0 Å². The van der Waals surface area contributed by atoms with Crippen LogP contribution in [0, 0.1) is 13.8 Å². The Morgan fingerprint density at radius 1 is 0.391 bits per heavy atom. The fraction of sp³-hybridized carbons (Fsp3) is 0.222.